The Hall–Kier alpha value is -0.420. The molecule has 0 radical (unpaired) electrons. The number of hydrogen-bond acceptors (Lipinski definition) is 4. The number of ether oxygens (including phenoxy) is 2. The van der Waals surface area contributed by atoms with Gasteiger partial charge in [0.2, 0.25) is 0 Å². The van der Waals surface area contributed by atoms with E-state index in [1.807, 2.05) is 0 Å². The molecule has 2 atom stereocenters. The topological polar surface area (TPSA) is 58.9 Å². The molecule has 72 valence electrons. The lowest BCUT2D eigenvalue weighted by Gasteiger charge is -2.14. The third kappa shape index (κ3) is 6.30. The fourth-order valence-electron chi connectivity index (χ4n) is 0.736. The first kappa shape index (κ1) is 11.6. The summed E-state index contributed by atoms with van der Waals surface area (Å²) in [5.41, 5.74) is 0. The summed E-state index contributed by atoms with van der Waals surface area (Å²) in [7, 11) is 1.47. The number of rotatable bonds is 7. The average Bonchev–Trinajstić information content (AvgIpc) is 2.01. The van der Waals surface area contributed by atoms with E-state index in [0.29, 0.717) is 6.42 Å². The van der Waals surface area contributed by atoms with Gasteiger partial charge in [-0.3, -0.25) is 0 Å². The molecule has 0 rings (SSSR count). The van der Waals surface area contributed by atoms with E-state index >= 15 is 0 Å². The molecule has 0 aliphatic carbocycles. The van der Waals surface area contributed by atoms with Crippen molar-refractivity contribution in [3.05, 3.63) is 12.7 Å². The summed E-state index contributed by atoms with van der Waals surface area (Å²) in [5, 5.41) is 18.2. The molecule has 12 heavy (non-hydrogen) atoms. The maximum Gasteiger partial charge on any atom is 0.159 e. The quantitative estimate of drug-likeness (QED) is 0.431. The van der Waals surface area contributed by atoms with Crippen LogP contribution < -0.4 is 0 Å². The van der Waals surface area contributed by atoms with Gasteiger partial charge in [-0.1, -0.05) is 6.08 Å². The van der Waals surface area contributed by atoms with Gasteiger partial charge in [0, 0.05) is 13.5 Å². The highest BCUT2D eigenvalue weighted by Crippen LogP contribution is 2.03. The van der Waals surface area contributed by atoms with Crippen molar-refractivity contribution in [2.24, 2.45) is 0 Å². The summed E-state index contributed by atoms with van der Waals surface area (Å²) in [6, 6.07) is 0. The largest absolute Gasteiger partial charge is 0.393 e. The van der Waals surface area contributed by atoms with E-state index in [9.17, 15) is 0 Å². The summed E-state index contributed by atoms with van der Waals surface area (Å²) in [6.07, 6.45) is 0.644. The van der Waals surface area contributed by atoms with Gasteiger partial charge in [-0.2, -0.15) is 0 Å². The Morgan fingerprint density at radius 3 is 2.67 bits per heavy atom. The number of hydrogen-bond donors (Lipinski definition) is 2. The van der Waals surface area contributed by atoms with Gasteiger partial charge >= 0.3 is 0 Å². The standard InChI is InChI=1S/C8H16O4/c1-3-4-7(9)5-8(10)12-6-11-2/h3,7-10H,1,4-6H2,2H3. The van der Waals surface area contributed by atoms with Crippen LogP contribution in [0, 0.1) is 0 Å². The molecule has 0 aromatic rings. The summed E-state index contributed by atoms with van der Waals surface area (Å²) < 4.78 is 9.32. The minimum atomic E-state index is -0.972. The number of aliphatic hydroxyl groups excluding tert-OH is 2. The summed E-state index contributed by atoms with van der Waals surface area (Å²) in [4.78, 5) is 0. The molecule has 0 aliphatic rings. The molecule has 0 fully saturated rings. The second-order valence-corrected chi connectivity index (χ2v) is 2.44. The molecule has 0 aromatic carbocycles. The first-order valence-electron chi connectivity index (χ1n) is 3.78. The molecular weight excluding hydrogens is 160 g/mol. The Morgan fingerprint density at radius 2 is 2.17 bits per heavy atom. The highest BCUT2D eigenvalue weighted by Gasteiger charge is 2.10. The SMILES string of the molecule is C=CCC(O)CC(O)OCOC. The van der Waals surface area contributed by atoms with E-state index in [0.717, 1.165) is 0 Å². The Balaban J connectivity index is 3.39. The zero-order valence-corrected chi connectivity index (χ0v) is 7.27. The lowest BCUT2D eigenvalue weighted by atomic mass is 10.2. The predicted octanol–water partition coefficient (Wildman–Crippen LogP) is 0.252. The molecule has 4 nitrogen and oxygen atoms in total. The van der Waals surface area contributed by atoms with Crippen LogP contribution in [0.15, 0.2) is 12.7 Å². The van der Waals surface area contributed by atoms with Crippen molar-refractivity contribution in [3.8, 4) is 0 Å². The summed E-state index contributed by atoms with van der Waals surface area (Å²) in [6.45, 7) is 3.49. The van der Waals surface area contributed by atoms with Gasteiger partial charge in [0.15, 0.2) is 6.29 Å². The Bertz CT molecular complexity index is 116. The van der Waals surface area contributed by atoms with Crippen molar-refractivity contribution in [2.45, 2.75) is 25.2 Å². The van der Waals surface area contributed by atoms with Gasteiger partial charge in [-0.15, -0.1) is 6.58 Å². The molecule has 0 bridgehead atoms. The van der Waals surface area contributed by atoms with E-state index in [4.69, 9.17) is 14.9 Å². The van der Waals surface area contributed by atoms with Crippen LogP contribution in [-0.2, 0) is 9.47 Å². The molecule has 0 saturated heterocycles. The van der Waals surface area contributed by atoms with Crippen molar-refractivity contribution in [1.29, 1.82) is 0 Å². The molecule has 2 N–H and O–H groups in total. The molecule has 2 unspecified atom stereocenters. The fraction of sp³-hybridized carbons (Fsp3) is 0.750. The highest BCUT2D eigenvalue weighted by molar-refractivity contribution is 4.72. The van der Waals surface area contributed by atoms with Gasteiger partial charge in [0.25, 0.3) is 0 Å². The maximum absolute atomic E-state index is 9.17. The van der Waals surface area contributed by atoms with Crippen LogP contribution in [0.5, 0.6) is 0 Å². The van der Waals surface area contributed by atoms with Crippen LogP contribution in [0.25, 0.3) is 0 Å². The molecular formula is C8H16O4. The van der Waals surface area contributed by atoms with Crippen molar-refractivity contribution >= 4 is 0 Å². The van der Waals surface area contributed by atoms with Crippen LogP contribution in [0.4, 0.5) is 0 Å². The van der Waals surface area contributed by atoms with E-state index in [1.165, 1.54) is 7.11 Å². The van der Waals surface area contributed by atoms with Crippen LogP contribution in [0.3, 0.4) is 0 Å². The fourth-order valence-corrected chi connectivity index (χ4v) is 0.736. The van der Waals surface area contributed by atoms with Crippen molar-refractivity contribution < 1.29 is 19.7 Å². The minimum Gasteiger partial charge on any atom is -0.393 e. The third-order valence-corrected chi connectivity index (χ3v) is 1.29. The van der Waals surface area contributed by atoms with Crippen molar-refractivity contribution in [1.82, 2.24) is 0 Å². The molecule has 0 heterocycles. The molecule has 0 spiro atoms. The molecule has 0 saturated carbocycles. The van der Waals surface area contributed by atoms with Crippen molar-refractivity contribution in [2.75, 3.05) is 13.9 Å². The second-order valence-electron chi connectivity index (χ2n) is 2.44. The third-order valence-electron chi connectivity index (χ3n) is 1.29. The first-order chi connectivity index (χ1) is 5.70. The molecule has 4 heteroatoms. The van der Waals surface area contributed by atoms with Gasteiger partial charge in [-0.25, -0.2) is 0 Å². The number of methoxy groups -OCH3 is 1. The Kier molecular flexibility index (Phi) is 6.99. The lowest BCUT2D eigenvalue weighted by molar-refractivity contribution is -0.172. The first-order valence-corrected chi connectivity index (χ1v) is 3.78. The summed E-state index contributed by atoms with van der Waals surface area (Å²) >= 11 is 0. The van der Waals surface area contributed by atoms with Gasteiger partial charge in [0.1, 0.15) is 6.79 Å². The molecule has 0 aromatic heterocycles. The number of aliphatic hydroxyl groups is 2. The monoisotopic (exact) mass is 176 g/mol. The van der Waals surface area contributed by atoms with Crippen LogP contribution in [0.1, 0.15) is 12.8 Å². The van der Waals surface area contributed by atoms with Crippen molar-refractivity contribution in [3.63, 3.8) is 0 Å². The van der Waals surface area contributed by atoms with Crippen LogP contribution in [0.2, 0.25) is 0 Å². The maximum atomic E-state index is 9.17. The smallest absolute Gasteiger partial charge is 0.159 e. The van der Waals surface area contributed by atoms with E-state index in [1.54, 1.807) is 6.08 Å². The van der Waals surface area contributed by atoms with E-state index in [-0.39, 0.29) is 13.2 Å². The predicted molar refractivity (Wildman–Crippen MR) is 44.4 cm³/mol. The Morgan fingerprint density at radius 1 is 1.50 bits per heavy atom. The van der Waals surface area contributed by atoms with Gasteiger partial charge in [0.05, 0.1) is 6.10 Å². The second kappa shape index (κ2) is 7.24. The zero-order chi connectivity index (χ0) is 9.40. The zero-order valence-electron chi connectivity index (χ0n) is 7.27. The van der Waals surface area contributed by atoms with Crippen LogP contribution >= 0.6 is 0 Å². The Labute approximate surface area is 72.4 Å². The van der Waals surface area contributed by atoms with Crippen LogP contribution in [-0.4, -0.2) is 36.5 Å². The minimum absolute atomic E-state index is 0.0297. The van der Waals surface area contributed by atoms with Gasteiger partial charge < -0.3 is 19.7 Å². The normalized spacial score (nSPS) is 15.6. The summed E-state index contributed by atoms with van der Waals surface area (Å²) in [5.74, 6) is 0. The molecule has 0 aliphatic heterocycles. The lowest BCUT2D eigenvalue weighted by Crippen LogP contribution is -2.20. The van der Waals surface area contributed by atoms with E-state index in [2.05, 4.69) is 11.3 Å². The highest BCUT2D eigenvalue weighted by atomic mass is 16.7. The van der Waals surface area contributed by atoms with Gasteiger partial charge in [-0.05, 0) is 6.42 Å². The molecule has 0 amide bonds. The average molecular weight is 176 g/mol. The van der Waals surface area contributed by atoms with E-state index < -0.39 is 12.4 Å².